The van der Waals surface area contributed by atoms with E-state index in [9.17, 15) is 0 Å². The Morgan fingerprint density at radius 3 is 2.58 bits per heavy atom. The van der Waals surface area contributed by atoms with Crippen molar-refractivity contribution >= 4 is 28.1 Å². The highest BCUT2D eigenvalue weighted by molar-refractivity contribution is 7.09. The summed E-state index contributed by atoms with van der Waals surface area (Å²) in [7, 11) is 3.99. The van der Waals surface area contributed by atoms with Gasteiger partial charge >= 0.3 is 0 Å². The van der Waals surface area contributed by atoms with Crippen molar-refractivity contribution in [1.29, 1.82) is 0 Å². The van der Waals surface area contributed by atoms with Crippen LogP contribution in [0.25, 0.3) is 5.65 Å². The fraction of sp³-hybridized carbons (Fsp3) is 0.588. The number of piperidine rings is 1. The summed E-state index contributed by atoms with van der Waals surface area (Å²) in [5.41, 5.74) is 0.811. The standard InChI is InChI=1S/C17H22N8S/c1-23(2)14-6-5-13-19-20-16(25(13)21-14)12-7-9-24(10-8-12)17-18-15(22-26-17)11-3-4-11/h5-6,11-12H,3-4,7-10H2,1-2H3. The van der Waals surface area contributed by atoms with Crippen LogP contribution in [0.3, 0.4) is 0 Å². The molecule has 2 aliphatic rings. The molecular weight excluding hydrogens is 348 g/mol. The molecule has 26 heavy (non-hydrogen) atoms. The van der Waals surface area contributed by atoms with Crippen LogP contribution in [0, 0.1) is 0 Å². The Morgan fingerprint density at radius 2 is 1.85 bits per heavy atom. The van der Waals surface area contributed by atoms with Crippen molar-refractivity contribution in [2.24, 2.45) is 0 Å². The summed E-state index contributed by atoms with van der Waals surface area (Å²) in [5, 5.41) is 14.5. The molecule has 0 aromatic carbocycles. The highest BCUT2D eigenvalue weighted by Gasteiger charge is 2.30. The zero-order chi connectivity index (χ0) is 17.7. The predicted molar refractivity (Wildman–Crippen MR) is 101 cm³/mol. The van der Waals surface area contributed by atoms with E-state index in [1.54, 1.807) is 11.5 Å². The van der Waals surface area contributed by atoms with Crippen molar-refractivity contribution in [2.45, 2.75) is 37.5 Å². The first-order valence-electron chi connectivity index (χ1n) is 9.17. The highest BCUT2D eigenvalue weighted by Crippen LogP contribution is 2.40. The molecule has 0 spiro atoms. The summed E-state index contributed by atoms with van der Waals surface area (Å²) in [6.07, 6.45) is 4.57. The Labute approximate surface area is 156 Å². The predicted octanol–water partition coefficient (Wildman–Crippen LogP) is 2.30. The Balaban J connectivity index is 1.33. The topological polar surface area (TPSA) is 75.3 Å². The van der Waals surface area contributed by atoms with Crippen molar-refractivity contribution in [3.8, 4) is 0 Å². The van der Waals surface area contributed by atoms with Crippen LogP contribution in [0.15, 0.2) is 12.1 Å². The molecule has 136 valence electrons. The molecule has 1 saturated carbocycles. The first kappa shape index (κ1) is 15.9. The van der Waals surface area contributed by atoms with Crippen molar-refractivity contribution in [2.75, 3.05) is 37.0 Å². The summed E-state index contributed by atoms with van der Waals surface area (Å²) in [4.78, 5) is 9.11. The van der Waals surface area contributed by atoms with Crippen LogP contribution in [0.2, 0.25) is 0 Å². The van der Waals surface area contributed by atoms with Gasteiger partial charge in [0.15, 0.2) is 11.5 Å². The second-order valence-corrected chi connectivity index (χ2v) is 8.12. The van der Waals surface area contributed by atoms with E-state index in [4.69, 9.17) is 10.1 Å². The number of hydrogen-bond donors (Lipinski definition) is 0. The van der Waals surface area contributed by atoms with E-state index in [1.807, 2.05) is 35.6 Å². The lowest BCUT2D eigenvalue weighted by Crippen LogP contribution is -2.33. The molecule has 2 fully saturated rings. The van der Waals surface area contributed by atoms with Crippen LogP contribution in [-0.4, -0.2) is 56.4 Å². The maximum absolute atomic E-state index is 4.75. The average Bonchev–Trinajstić information content (AvgIpc) is 3.24. The van der Waals surface area contributed by atoms with E-state index in [1.165, 1.54) is 12.8 Å². The zero-order valence-corrected chi connectivity index (χ0v) is 15.9. The quantitative estimate of drug-likeness (QED) is 0.697. The SMILES string of the molecule is CN(C)c1ccc2nnc(C3CCN(c4nc(C5CC5)ns4)CC3)n2n1. The molecule has 1 saturated heterocycles. The van der Waals surface area contributed by atoms with Crippen molar-refractivity contribution in [1.82, 2.24) is 29.2 Å². The molecule has 0 bridgehead atoms. The first-order chi connectivity index (χ1) is 12.7. The third kappa shape index (κ3) is 2.80. The lowest BCUT2D eigenvalue weighted by molar-refractivity contribution is 0.477. The number of aromatic nitrogens is 6. The lowest BCUT2D eigenvalue weighted by Gasteiger charge is -2.30. The smallest absolute Gasteiger partial charge is 0.205 e. The molecule has 0 atom stereocenters. The van der Waals surface area contributed by atoms with Gasteiger partial charge in [-0.1, -0.05) is 0 Å². The number of anilines is 2. The van der Waals surface area contributed by atoms with Crippen molar-refractivity contribution in [3.63, 3.8) is 0 Å². The molecule has 3 aromatic heterocycles. The van der Waals surface area contributed by atoms with Crippen LogP contribution in [0.5, 0.6) is 0 Å². The molecule has 0 radical (unpaired) electrons. The van der Waals surface area contributed by atoms with Gasteiger partial charge < -0.3 is 9.80 Å². The Morgan fingerprint density at radius 1 is 1.04 bits per heavy atom. The van der Waals surface area contributed by atoms with E-state index >= 15 is 0 Å². The van der Waals surface area contributed by atoms with Gasteiger partial charge in [-0.05, 0) is 37.8 Å². The number of hydrogen-bond acceptors (Lipinski definition) is 8. The third-order valence-electron chi connectivity index (χ3n) is 5.24. The highest BCUT2D eigenvalue weighted by atomic mass is 32.1. The fourth-order valence-corrected chi connectivity index (χ4v) is 4.28. The summed E-state index contributed by atoms with van der Waals surface area (Å²) < 4.78 is 6.45. The monoisotopic (exact) mass is 370 g/mol. The van der Waals surface area contributed by atoms with E-state index in [0.29, 0.717) is 11.8 Å². The number of rotatable bonds is 4. The van der Waals surface area contributed by atoms with Gasteiger partial charge in [0, 0.05) is 50.6 Å². The van der Waals surface area contributed by atoms with E-state index in [0.717, 1.165) is 54.2 Å². The van der Waals surface area contributed by atoms with Crippen molar-refractivity contribution < 1.29 is 0 Å². The Kier molecular flexibility index (Phi) is 3.77. The molecule has 0 amide bonds. The largest absolute Gasteiger partial charge is 0.361 e. The fourth-order valence-electron chi connectivity index (χ4n) is 3.48. The molecule has 5 rings (SSSR count). The van der Waals surface area contributed by atoms with Gasteiger partial charge in [0.25, 0.3) is 0 Å². The molecule has 9 heteroatoms. The maximum atomic E-state index is 4.75. The average molecular weight is 370 g/mol. The number of nitrogens with zero attached hydrogens (tertiary/aromatic N) is 8. The van der Waals surface area contributed by atoms with Gasteiger partial charge in [0.05, 0.1) is 0 Å². The molecule has 3 aromatic rings. The van der Waals surface area contributed by atoms with Crippen LogP contribution in [0.1, 0.15) is 49.2 Å². The second-order valence-electron chi connectivity index (χ2n) is 7.38. The first-order valence-corrected chi connectivity index (χ1v) is 9.94. The normalized spacial score (nSPS) is 18.6. The maximum Gasteiger partial charge on any atom is 0.205 e. The van der Waals surface area contributed by atoms with Crippen LogP contribution in [0.4, 0.5) is 10.9 Å². The van der Waals surface area contributed by atoms with Gasteiger partial charge in [-0.25, -0.2) is 4.98 Å². The third-order valence-corrected chi connectivity index (χ3v) is 6.03. The van der Waals surface area contributed by atoms with E-state index in [2.05, 4.69) is 19.5 Å². The summed E-state index contributed by atoms with van der Waals surface area (Å²) in [6.45, 7) is 1.96. The minimum Gasteiger partial charge on any atom is -0.361 e. The summed E-state index contributed by atoms with van der Waals surface area (Å²) in [5.74, 6) is 3.94. The number of fused-ring (bicyclic) bond motifs is 1. The minimum absolute atomic E-state index is 0.377. The summed E-state index contributed by atoms with van der Waals surface area (Å²) in [6, 6.07) is 3.96. The molecule has 0 unspecified atom stereocenters. The van der Waals surface area contributed by atoms with Crippen LogP contribution < -0.4 is 9.80 Å². The zero-order valence-electron chi connectivity index (χ0n) is 15.0. The molecule has 1 aliphatic carbocycles. The van der Waals surface area contributed by atoms with Gasteiger partial charge in [-0.3, -0.25) is 0 Å². The summed E-state index contributed by atoms with van der Waals surface area (Å²) >= 11 is 1.54. The molecule has 4 heterocycles. The van der Waals surface area contributed by atoms with Gasteiger partial charge in [-0.2, -0.15) is 8.89 Å². The van der Waals surface area contributed by atoms with Gasteiger partial charge in [0.1, 0.15) is 11.6 Å². The van der Waals surface area contributed by atoms with Gasteiger partial charge in [0.2, 0.25) is 5.13 Å². The minimum atomic E-state index is 0.377. The second kappa shape index (κ2) is 6.15. The molecule has 8 nitrogen and oxygen atoms in total. The lowest BCUT2D eigenvalue weighted by atomic mass is 9.96. The Bertz CT molecular complexity index is 920. The molecule has 0 N–H and O–H groups in total. The van der Waals surface area contributed by atoms with E-state index < -0.39 is 0 Å². The van der Waals surface area contributed by atoms with Crippen molar-refractivity contribution in [3.05, 3.63) is 23.8 Å². The van der Waals surface area contributed by atoms with E-state index in [-0.39, 0.29) is 0 Å². The molecular formula is C17H22N8S. The molecule has 1 aliphatic heterocycles. The van der Waals surface area contributed by atoms with Crippen LogP contribution in [-0.2, 0) is 0 Å². The van der Waals surface area contributed by atoms with Gasteiger partial charge in [-0.15, -0.1) is 15.3 Å². The Hall–Kier alpha value is -2.29. The van der Waals surface area contributed by atoms with Crippen LogP contribution >= 0.6 is 11.5 Å².